The van der Waals surface area contributed by atoms with Crippen LogP contribution in [0.5, 0.6) is 0 Å². The molecule has 30 heavy (non-hydrogen) atoms. The van der Waals surface area contributed by atoms with Crippen LogP contribution in [0.4, 0.5) is 0 Å². The average Bonchev–Trinajstić information content (AvgIpc) is 3.27. The highest BCUT2D eigenvalue weighted by molar-refractivity contribution is 5.81. The largest absolute Gasteiger partial charge is 0.394 e. The number of hydrogen-bond acceptors (Lipinski definition) is 4. The smallest absolute Gasteiger partial charge is 0.230 e. The van der Waals surface area contributed by atoms with Gasteiger partial charge in [-0.25, -0.2) is 0 Å². The number of amides is 1. The Morgan fingerprint density at radius 2 is 1.93 bits per heavy atom. The molecule has 2 heterocycles. The van der Waals surface area contributed by atoms with Gasteiger partial charge in [0.05, 0.1) is 25.1 Å². The molecule has 152 valence electrons. The van der Waals surface area contributed by atoms with Crippen molar-refractivity contribution >= 4 is 5.91 Å². The van der Waals surface area contributed by atoms with E-state index in [0.717, 1.165) is 11.1 Å². The molecule has 2 fully saturated rings. The van der Waals surface area contributed by atoms with Crippen molar-refractivity contribution in [3.05, 3.63) is 65.5 Å². The van der Waals surface area contributed by atoms with Gasteiger partial charge in [-0.2, -0.15) is 5.26 Å². The van der Waals surface area contributed by atoms with Crippen molar-refractivity contribution in [2.75, 3.05) is 6.61 Å². The average molecular weight is 399 g/mol. The predicted octanol–water partition coefficient (Wildman–Crippen LogP) is 3.04. The van der Waals surface area contributed by atoms with E-state index in [-0.39, 0.29) is 24.9 Å². The summed E-state index contributed by atoms with van der Waals surface area (Å²) in [6.07, 6.45) is 6.69. The van der Waals surface area contributed by atoms with E-state index in [2.05, 4.69) is 22.9 Å². The predicted molar refractivity (Wildman–Crippen MR) is 113 cm³/mol. The third kappa shape index (κ3) is 4.08. The minimum absolute atomic E-state index is 0.123. The number of carbonyl (C=O) groups is 1. The zero-order chi connectivity index (χ0) is 20.9. The third-order valence-corrected chi connectivity index (χ3v) is 6.15. The summed E-state index contributed by atoms with van der Waals surface area (Å²) >= 11 is 0. The first-order valence-electron chi connectivity index (χ1n) is 10.5. The van der Waals surface area contributed by atoms with Crippen molar-refractivity contribution < 1.29 is 9.90 Å². The summed E-state index contributed by atoms with van der Waals surface area (Å²) in [4.78, 5) is 18.5. The summed E-state index contributed by atoms with van der Waals surface area (Å²) in [5.41, 5.74) is 2.57. The van der Waals surface area contributed by atoms with Crippen molar-refractivity contribution in [3.63, 3.8) is 0 Å². The number of carbonyl (C=O) groups excluding carboxylic acids is 1. The maximum atomic E-state index is 12.8. The van der Waals surface area contributed by atoms with Gasteiger partial charge in [0.25, 0.3) is 0 Å². The molecule has 5 nitrogen and oxygen atoms in total. The molecular weight excluding hydrogens is 374 g/mol. The van der Waals surface area contributed by atoms with Crippen LogP contribution in [0.25, 0.3) is 0 Å². The summed E-state index contributed by atoms with van der Waals surface area (Å²) in [6, 6.07) is 14.6. The van der Waals surface area contributed by atoms with Crippen molar-refractivity contribution in [2.45, 2.75) is 50.1 Å². The van der Waals surface area contributed by atoms with E-state index < -0.39 is 12.1 Å². The highest BCUT2D eigenvalue weighted by Crippen LogP contribution is 2.40. The minimum Gasteiger partial charge on any atom is -0.394 e. The lowest BCUT2D eigenvalue weighted by Gasteiger charge is -2.51. The second kappa shape index (κ2) is 9.11. The van der Waals surface area contributed by atoms with Crippen molar-refractivity contribution in [2.24, 2.45) is 5.92 Å². The first-order chi connectivity index (χ1) is 14.7. The van der Waals surface area contributed by atoms with E-state index in [1.807, 2.05) is 30.3 Å². The molecule has 0 bridgehead atoms. The number of aliphatic hydroxyl groups excluding tert-OH is 1. The van der Waals surface area contributed by atoms with Crippen LogP contribution in [0.15, 0.2) is 48.7 Å². The summed E-state index contributed by atoms with van der Waals surface area (Å²) in [7, 11) is 0. The van der Waals surface area contributed by atoms with Gasteiger partial charge < -0.3 is 10.0 Å². The SMILES string of the molecule is N#C[C@@H]1[C@@H](c2ccc(C#CC3CCCC3)cc2)[C@@H](CO)N1C(=O)Cc1ccccn1. The summed E-state index contributed by atoms with van der Waals surface area (Å²) in [5, 5.41) is 19.6. The molecule has 1 aromatic heterocycles. The van der Waals surface area contributed by atoms with Crippen LogP contribution in [-0.4, -0.2) is 39.6 Å². The van der Waals surface area contributed by atoms with E-state index in [0.29, 0.717) is 11.6 Å². The van der Waals surface area contributed by atoms with Crippen LogP contribution in [0.2, 0.25) is 0 Å². The Hall–Kier alpha value is -3.15. The zero-order valence-corrected chi connectivity index (χ0v) is 16.9. The number of pyridine rings is 1. The lowest BCUT2D eigenvalue weighted by Crippen LogP contribution is -2.65. The molecule has 2 aliphatic rings. The highest BCUT2D eigenvalue weighted by atomic mass is 16.3. The number of likely N-dealkylation sites (tertiary alicyclic amines) is 1. The summed E-state index contributed by atoms with van der Waals surface area (Å²) in [6.45, 7) is -0.181. The Balaban J connectivity index is 1.47. The molecule has 3 atom stereocenters. The summed E-state index contributed by atoms with van der Waals surface area (Å²) < 4.78 is 0. The van der Waals surface area contributed by atoms with E-state index in [9.17, 15) is 15.2 Å². The van der Waals surface area contributed by atoms with Crippen LogP contribution >= 0.6 is 0 Å². The highest BCUT2D eigenvalue weighted by Gasteiger charge is 2.51. The molecular formula is C25H25N3O2. The van der Waals surface area contributed by atoms with Crippen LogP contribution in [0.3, 0.4) is 0 Å². The van der Waals surface area contributed by atoms with E-state index in [1.165, 1.54) is 30.6 Å². The number of benzene rings is 1. The Bertz CT molecular complexity index is 979. The van der Waals surface area contributed by atoms with Crippen molar-refractivity contribution in [3.8, 4) is 17.9 Å². The fourth-order valence-electron chi connectivity index (χ4n) is 4.54. The molecule has 0 radical (unpaired) electrons. The first kappa shape index (κ1) is 20.1. The third-order valence-electron chi connectivity index (χ3n) is 6.15. The first-order valence-corrected chi connectivity index (χ1v) is 10.5. The molecule has 1 saturated heterocycles. The van der Waals surface area contributed by atoms with Gasteiger partial charge in [0.1, 0.15) is 6.04 Å². The summed E-state index contributed by atoms with van der Waals surface area (Å²) in [5.74, 6) is 6.74. The van der Waals surface area contributed by atoms with Crippen LogP contribution in [0, 0.1) is 29.1 Å². The van der Waals surface area contributed by atoms with Crippen LogP contribution in [0.1, 0.15) is 48.4 Å². The molecule has 1 amide bonds. The van der Waals surface area contributed by atoms with Gasteiger partial charge in [-0.3, -0.25) is 9.78 Å². The fraction of sp³-hybridized carbons (Fsp3) is 0.400. The lowest BCUT2D eigenvalue weighted by molar-refractivity contribution is -0.146. The van der Waals surface area contributed by atoms with Crippen molar-refractivity contribution in [1.29, 1.82) is 5.26 Å². The fourth-order valence-corrected chi connectivity index (χ4v) is 4.54. The number of aromatic nitrogens is 1. The van der Waals surface area contributed by atoms with Gasteiger partial charge in [-0.15, -0.1) is 0 Å². The molecule has 1 aliphatic carbocycles. The second-order valence-electron chi connectivity index (χ2n) is 8.02. The number of nitrogens with zero attached hydrogens (tertiary/aromatic N) is 3. The molecule has 4 rings (SSSR count). The normalized spacial score (nSPS) is 23.2. The van der Waals surface area contributed by atoms with E-state index in [1.54, 1.807) is 18.3 Å². The lowest BCUT2D eigenvalue weighted by atomic mass is 9.75. The standard InChI is InChI=1S/C25H25N3O2/c26-16-22-25(20-12-10-19(11-13-20)9-8-18-5-1-2-6-18)23(17-29)28(22)24(30)15-21-7-3-4-14-27-21/h3-4,7,10-14,18,22-23,25,29H,1-2,5-6,15,17H2/t22-,23-,25-/m1/s1. The molecule has 1 aliphatic heterocycles. The Morgan fingerprint density at radius 3 is 2.57 bits per heavy atom. The number of aliphatic hydroxyl groups is 1. The Labute approximate surface area is 177 Å². The molecule has 1 N–H and O–H groups in total. The minimum atomic E-state index is -0.589. The van der Waals surface area contributed by atoms with Crippen LogP contribution < -0.4 is 0 Å². The molecule has 2 aromatic rings. The van der Waals surface area contributed by atoms with E-state index >= 15 is 0 Å². The van der Waals surface area contributed by atoms with Gasteiger partial charge in [-0.1, -0.05) is 42.9 Å². The van der Waals surface area contributed by atoms with Gasteiger partial charge >= 0.3 is 0 Å². The molecule has 1 aromatic carbocycles. The number of nitriles is 1. The quantitative estimate of drug-likeness (QED) is 0.802. The van der Waals surface area contributed by atoms with Gasteiger partial charge in [-0.05, 0) is 42.7 Å². The van der Waals surface area contributed by atoms with E-state index in [4.69, 9.17) is 0 Å². The maximum Gasteiger partial charge on any atom is 0.230 e. The second-order valence-corrected chi connectivity index (χ2v) is 8.02. The van der Waals surface area contributed by atoms with Gasteiger partial charge in [0.2, 0.25) is 5.91 Å². The van der Waals surface area contributed by atoms with Crippen molar-refractivity contribution in [1.82, 2.24) is 9.88 Å². The monoisotopic (exact) mass is 399 g/mol. The molecule has 0 unspecified atom stereocenters. The zero-order valence-electron chi connectivity index (χ0n) is 16.9. The van der Waals surface area contributed by atoms with Gasteiger partial charge in [0, 0.05) is 29.3 Å². The maximum absolute atomic E-state index is 12.8. The molecule has 5 heteroatoms. The topological polar surface area (TPSA) is 77.2 Å². The molecule has 1 saturated carbocycles. The Kier molecular flexibility index (Phi) is 6.12. The Morgan fingerprint density at radius 1 is 1.17 bits per heavy atom. The molecule has 0 spiro atoms. The number of hydrogen-bond donors (Lipinski definition) is 1. The number of rotatable bonds is 4. The van der Waals surface area contributed by atoms with Crippen LogP contribution in [-0.2, 0) is 11.2 Å². The van der Waals surface area contributed by atoms with Gasteiger partial charge in [0.15, 0.2) is 0 Å².